The van der Waals surface area contributed by atoms with E-state index in [0.717, 1.165) is 12.8 Å². The summed E-state index contributed by atoms with van der Waals surface area (Å²) in [5, 5.41) is 0. The molecule has 0 aliphatic carbocycles. The number of hydrogen-bond acceptors (Lipinski definition) is 6. The molecule has 0 fully saturated rings. The number of carbonyl (C=O) groups excluding carboxylic acids is 4. The zero-order chi connectivity index (χ0) is 16.1. The molecule has 0 spiro atoms. The molecule has 0 saturated heterocycles. The topological polar surface area (TPSA) is 86.7 Å². The fourth-order valence-corrected chi connectivity index (χ4v) is 2.11. The van der Waals surface area contributed by atoms with Crippen molar-refractivity contribution in [3.63, 3.8) is 0 Å². The van der Waals surface area contributed by atoms with Crippen molar-refractivity contribution >= 4 is 23.7 Å². The zero-order valence-electron chi connectivity index (χ0n) is 12.2. The van der Waals surface area contributed by atoms with Crippen molar-refractivity contribution in [3.8, 4) is 0 Å². The first-order valence-corrected chi connectivity index (χ1v) is 7.06. The monoisotopic (exact) mass is 304 g/mol. The Bertz CT molecular complexity index is 632. The second kappa shape index (κ2) is 6.98. The predicted octanol–water partition coefficient (Wildman–Crippen LogP) is 2.30. The van der Waals surface area contributed by atoms with E-state index in [9.17, 15) is 19.2 Å². The number of ketones is 1. The fourth-order valence-electron chi connectivity index (χ4n) is 2.11. The van der Waals surface area contributed by atoms with Gasteiger partial charge < -0.3 is 14.3 Å². The summed E-state index contributed by atoms with van der Waals surface area (Å²) in [6.45, 7) is 1.79. The molecule has 116 valence electrons. The van der Waals surface area contributed by atoms with Crippen molar-refractivity contribution in [2.24, 2.45) is 0 Å². The lowest BCUT2D eigenvalue weighted by Gasteiger charge is -2.05. The third-order valence-electron chi connectivity index (χ3n) is 3.29. The Morgan fingerprint density at radius 1 is 1.05 bits per heavy atom. The second-order valence-electron chi connectivity index (χ2n) is 5.09. The Kier molecular flexibility index (Phi) is 5.04. The van der Waals surface area contributed by atoms with Crippen LogP contribution >= 0.6 is 0 Å². The molecule has 1 aliphatic rings. The Labute approximate surface area is 127 Å². The number of carbonyl (C=O) groups is 4. The lowest BCUT2D eigenvalue weighted by atomic mass is 10.1. The number of hydrogen-bond donors (Lipinski definition) is 0. The molecule has 2 rings (SSSR count). The zero-order valence-corrected chi connectivity index (χ0v) is 12.2. The molecule has 1 aromatic carbocycles. The van der Waals surface area contributed by atoms with E-state index >= 15 is 0 Å². The van der Waals surface area contributed by atoms with Crippen LogP contribution in [-0.2, 0) is 14.3 Å². The van der Waals surface area contributed by atoms with E-state index in [0.29, 0.717) is 12.8 Å². The molecule has 22 heavy (non-hydrogen) atoms. The molecule has 1 aromatic rings. The Morgan fingerprint density at radius 3 is 2.50 bits per heavy atom. The highest BCUT2D eigenvalue weighted by atomic mass is 16.6. The summed E-state index contributed by atoms with van der Waals surface area (Å²) in [5.74, 6) is -1.86. The number of fused-ring (bicyclic) bond motifs is 1. The van der Waals surface area contributed by atoms with Crippen LogP contribution in [0.4, 0.5) is 0 Å². The first-order valence-electron chi connectivity index (χ1n) is 7.06. The van der Waals surface area contributed by atoms with E-state index in [4.69, 9.17) is 4.74 Å². The predicted molar refractivity (Wildman–Crippen MR) is 75.6 cm³/mol. The first kappa shape index (κ1) is 15.9. The third kappa shape index (κ3) is 3.78. The molecule has 6 heteroatoms. The Morgan fingerprint density at radius 2 is 1.77 bits per heavy atom. The van der Waals surface area contributed by atoms with Gasteiger partial charge in [-0.2, -0.15) is 0 Å². The van der Waals surface area contributed by atoms with Gasteiger partial charge in [-0.1, -0.05) is 0 Å². The summed E-state index contributed by atoms with van der Waals surface area (Å²) in [5.41, 5.74) is 0.445. The van der Waals surface area contributed by atoms with Gasteiger partial charge in [0.1, 0.15) is 5.78 Å². The largest absolute Gasteiger partial charge is 0.462 e. The van der Waals surface area contributed by atoms with Crippen molar-refractivity contribution in [2.45, 2.75) is 32.6 Å². The van der Waals surface area contributed by atoms with Crippen LogP contribution < -0.4 is 0 Å². The average molecular weight is 304 g/mol. The summed E-state index contributed by atoms with van der Waals surface area (Å²) in [6.07, 6.45) is 2.79. The standard InChI is InChI=1S/C16H16O6/c1-10(17)5-3-2-4-8-21-14(18)11-6-7-12-13(9-11)16(20)22-15(12)19/h6-7,9H,2-5,8H2,1H3. The minimum absolute atomic E-state index is 0.0842. The molecule has 1 aliphatic heterocycles. The van der Waals surface area contributed by atoms with Gasteiger partial charge in [0.15, 0.2) is 0 Å². The lowest BCUT2D eigenvalue weighted by molar-refractivity contribution is -0.117. The van der Waals surface area contributed by atoms with Crippen LogP contribution in [0.3, 0.4) is 0 Å². The third-order valence-corrected chi connectivity index (χ3v) is 3.29. The molecule has 6 nitrogen and oxygen atoms in total. The minimum Gasteiger partial charge on any atom is -0.462 e. The molecule has 0 radical (unpaired) electrons. The van der Waals surface area contributed by atoms with Crippen LogP contribution in [0.1, 0.15) is 63.7 Å². The Hall–Kier alpha value is -2.50. The van der Waals surface area contributed by atoms with Gasteiger partial charge >= 0.3 is 17.9 Å². The van der Waals surface area contributed by atoms with Crippen molar-refractivity contribution < 1.29 is 28.7 Å². The van der Waals surface area contributed by atoms with Crippen molar-refractivity contribution in [1.82, 2.24) is 0 Å². The van der Waals surface area contributed by atoms with Crippen LogP contribution in [0.15, 0.2) is 18.2 Å². The maximum atomic E-state index is 11.9. The first-order chi connectivity index (χ1) is 10.5. The van der Waals surface area contributed by atoms with Crippen LogP contribution in [-0.4, -0.2) is 30.3 Å². The molecule has 0 N–H and O–H groups in total. The lowest BCUT2D eigenvalue weighted by Crippen LogP contribution is -2.08. The molecule has 0 saturated carbocycles. The van der Waals surface area contributed by atoms with Gasteiger partial charge in [-0.25, -0.2) is 14.4 Å². The highest BCUT2D eigenvalue weighted by Crippen LogP contribution is 2.21. The number of ether oxygens (including phenoxy) is 2. The average Bonchev–Trinajstić information content (AvgIpc) is 2.76. The van der Waals surface area contributed by atoms with E-state index in [1.54, 1.807) is 6.92 Å². The van der Waals surface area contributed by atoms with Gasteiger partial charge in [-0.3, -0.25) is 0 Å². The van der Waals surface area contributed by atoms with E-state index in [1.807, 2.05) is 0 Å². The number of Topliss-reactive ketones (excluding diaryl/α,β-unsaturated/α-hetero) is 1. The molecule has 0 bridgehead atoms. The maximum absolute atomic E-state index is 11.9. The molecule has 1 heterocycles. The summed E-state index contributed by atoms with van der Waals surface area (Å²) in [4.78, 5) is 45.3. The fraction of sp³-hybridized carbons (Fsp3) is 0.375. The van der Waals surface area contributed by atoms with E-state index < -0.39 is 17.9 Å². The number of unbranched alkanes of at least 4 members (excludes halogenated alkanes) is 2. The quantitative estimate of drug-likeness (QED) is 0.436. The number of rotatable bonds is 7. The number of benzene rings is 1. The SMILES string of the molecule is CC(=O)CCCCCOC(=O)c1ccc2c(c1)C(=O)OC2=O. The summed E-state index contributed by atoms with van der Waals surface area (Å²) in [6, 6.07) is 4.11. The molecule has 0 aromatic heterocycles. The maximum Gasteiger partial charge on any atom is 0.346 e. The van der Waals surface area contributed by atoms with Crippen LogP contribution in [0, 0.1) is 0 Å². The van der Waals surface area contributed by atoms with Gasteiger partial charge in [-0.05, 0) is 44.4 Å². The number of cyclic esters (lactones) is 2. The van der Waals surface area contributed by atoms with Crippen molar-refractivity contribution in [2.75, 3.05) is 6.61 Å². The molecular weight excluding hydrogens is 288 g/mol. The smallest absolute Gasteiger partial charge is 0.346 e. The highest BCUT2D eigenvalue weighted by molar-refractivity contribution is 6.15. The van der Waals surface area contributed by atoms with Gasteiger partial charge in [0.25, 0.3) is 0 Å². The Balaban J connectivity index is 1.84. The van der Waals surface area contributed by atoms with E-state index in [-0.39, 0.29) is 29.1 Å². The summed E-state index contributed by atoms with van der Waals surface area (Å²) in [7, 11) is 0. The number of esters is 3. The van der Waals surface area contributed by atoms with Crippen molar-refractivity contribution in [1.29, 1.82) is 0 Å². The van der Waals surface area contributed by atoms with E-state index in [2.05, 4.69) is 4.74 Å². The minimum atomic E-state index is -0.751. The van der Waals surface area contributed by atoms with Gasteiger partial charge in [-0.15, -0.1) is 0 Å². The van der Waals surface area contributed by atoms with Crippen LogP contribution in [0.2, 0.25) is 0 Å². The summed E-state index contributed by atoms with van der Waals surface area (Å²) < 4.78 is 9.55. The molecular formula is C16H16O6. The molecule has 0 atom stereocenters. The summed E-state index contributed by atoms with van der Waals surface area (Å²) >= 11 is 0. The van der Waals surface area contributed by atoms with Gasteiger partial charge in [0, 0.05) is 6.42 Å². The highest BCUT2D eigenvalue weighted by Gasteiger charge is 2.30. The van der Waals surface area contributed by atoms with Gasteiger partial charge in [0.2, 0.25) is 0 Å². The van der Waals surface area contributed by atoms with Crippen LogP contribution in [0.25, 0.3) is 0 Å². The molecule has 0 amide bonds. The normalized spacial score (nSPS) is 12.8. The van der Waals surface area contributed by atoms with E-state index in [1.165, 1.54) is 18.2 Å². The van der Waals surface area contributed by atoms with Crippen LogP contribution in [0.5, 0.6) is 0 Å². The van der Waals surface area contributed by atoms with Crippen molar-refractivity contribution in [3.05, 3.63) is 34.9 Å². The second-order valence-corrected chi connectivity index (χ2v) is 5.09. The molecule has 0 unspecified atom stereocenters. The van der Waals surface area contributed by atoms with Gasteiger partial charge in [0.05, 0.1) is 23.3 Å².